The van der Waals surface area contributed by atoms with Gasteiger partial charge in [-0.05, 0) is 44.2 Å². The van der Waals surface area contributed by atoms with E-state index in [2.05, 4.69) is 5.10 Å². The molecule has 0 saturated heterocycles. The Bertz CT molecular complexity index is 888. The molecule has 5 nitrogen and oxygen atoms in total. The molecule has 0 spiro atoms. The van der Waals surface area contributed by atoms with E-state index in [-0.39, 0.29) is 4.90 Å². The van der Waals surface area contributed by atoms with Crippen LogP contribution in [0, 0.1) is 31.0 Å². The SMILES string of the molecule is Cc1nn(C)c(C)c1C=C(C#N)S(=O)(=O)c1ccc(F)cc1. The molecule has 114 valence electrons. The van der Waals surface area contributed by atoms with Gasteiger partial charge in [0.2, 0.25) is 9.84 Å². The minimum absolute atomic E-state index is 0.124. The standard InChI is InChI=1S/C15H14FN3O2S/c1-10-15(11(2)19(3)18-10)8-14(9-17)22(20,21)13-6-4-12(16)5-7-13/h4-8H,1-3H3. The van der Waals surface area contributed by atoms with Crippen LogP contribution in [-0.4, -0.2) is 18.2 Å². The van der Waals surface area contributed by atoms with E-state index in [0.717, 1.165) is 30.0 Å². The van der Waals surface area contributed by atoms with Crippen molar-refractivity contribution in [2.45, 2.75) is 18.7 Å². The molecule has 0 unspecified atom stereocenters. The largest absolute Gasteiger partial charge is 0.272 e. The number of aryl methyl sites for hydroxylation is 2. The lowest BCUT2D eigenvalue weighted by Crippen LogP contribution is -2.04. The normalized spacial score (nSPS) is 12.2. The number of aromatic nitrogens is 2. The zero-order valence-corrected chi connectivity index (χ0v) is 13.1. The molecule has 0 N–H and O–H groups in total. The van der Waals surface area contributed by atoms with E-state index < -0.39 is 20.6 Å². The minimum atomic E-state index is -3.99. The molecule has 0 atom stereocenters. The van der Waals surface area contributed by atoms with Crippen molar-refractivity contribution in [2.24, 2.45) is 7.05 Å². The Morgan fingerprint density at radius 2 is 1.91 bits per heavy atom. The van der Waals surface area contributed by atoms with Crippen LogP contribution in [0.25, 0.3) is 6.08 Å². The second kappa shape index (κ2) is 5.73. The number of nitriles is 1. The lowest BCUT2D eigenvalue weighted by Gasteiger charge is -2.03. The molecule has 0 amide bonds. The summed E-state index contributed by atoms with van der Waals surface area (Å²) < 4.78 is 39.5. The molecular weight excluding hydrogens is 305 g/mol. The van der Waals surface area contributed by atoms with Gasteiger partial charge in [-0.25, -0.2) is 12.8 Å². The Morgan fingerprint density at radius 3 is 2.36 bits per heavy atom. The van der Waals surface area contributed by atoms with Crippen LogP contribution < -0.4 is 0 Å². The van der Waals surface area contributed by atoms with E-state index >= 15 is 0 Å². The lowest BCUT2D eigenvalue weighted by molar-refractivity contribution is 0.601. The van der Waals surface area contributed by atoms with Crippen molar-refractivity contribution in [1.82, 2.24) is 9.78 Å². The van der Waals surface area contributed by atoms with Gasteiger partial charge in [0.05, 0.1) is 10.6 Å². The van der Waals surface area contributed by atoms with Gasteiger partial charge in [0, 0.05) is 18.3 Å². The molecule has 2 aromatic rings. The third-order valence-corrected chi connectivity index (χ3v) is 5.05. The van der Waals surface area contributed by atoms with E-state index in [4.69, 9.17) is 0 Å². The second-order valence-electron chi connectivity index (χ2n) is 4.79. The van der Waals surface area contributed by atoms with Crippen molar-refractivity contribution in [1.29, 1.82) is 5.26 Å². The molecule has 1 aromatic heterocycles. The summed E-state index contributed by atoms with van der Waals surface area (Å²) in [6.45, 7) is 3.52. The number of benzene rings is 1. The molecule has 0 radical (unpaired) electrons. The van der Waals surface area contributed by atoms with Crippen LogP contribution in [-0.2, 0) is 16.9 Å². The number of allylic oxidation sites excluding steroid dienone is 1. The predicted molar refractivity (Wildman–Crippen MR) is 79.9 cm³/mol. The maximum Gasteiger partial charge on any atom is 0.216 e. The predicted octanol–water partition coefficient (Wildman–Crippen LogP) is 2.51. The van der Waals surface area contributed by atoms with Gasteiger partial charge < -0.3 is 0 Å². The number of rotatable bonds is 3. The van der Waals surface area contributed by atoms with Gasteiger partial charge in [-0.2, -0.15) is 10.4 Å². The zero-order valence-electron chi connectivity index (χ0n) is 12.3. The van der Waals surface area contributed by atoms with Gasteiger partial charge in [-0.15, -0.1) is 0 Å². The van der Waals surface area contributed by atoms with Crippen LogP contribution in [0.2, 0.25) is 0 Å². The van der Waals surface area contributed by atoms with Crippen molar-refractivity contribution in [3.8, 4) is 6.07 Å². The first-order valence-corrected chi connectivity index (χ1v) is 7.88. The van der Waals surface area contributed by atoms with Crippen LogP contribution in [0.3, 0.4) is 0 Å². The summed E-state index contributed by atoms with van der Waals surface area (Å²) in [5.74, 6) is -0.541. The zero-order chi connectivity index (χ0) is 16.5. The van der Waals surface area contributed by atoms with Crippen molar-refractivity contribution in [3.63, 3.8) is 0 Å². The van der Waals surface area contributed by atoms with Gasteiger partial charge in [-0.3, -0.25) is 4.68 Å². The molecule has 0 saturated carbocycles. The van der Waals surface area contributed by atoms with E-state index in [1.165, 1.54) is 6.08 Å². The first-order valence-electron chi connectivity index (χ1n) is 6.40. The Labute approximate surface area is 128 Å². The second-order valence-corrected chi connectivity index (χ2v) is 6.70. The van der Waals surface area contributed by atoms with E-state index in [0.29, 0.717) is 11.3 Å². The summed E-state index contributed by atoms with van der Waals surface area (Å²) >= 11 is 0. The van der Waals surface area contributed by atoms with Crippen molar-refractivity contribution >= 4 is 15.9 Å². The molecule has 0 aliphatic carbocycles. The van der Waals surface area contributed by atoms with E-state index in [1.807, 2.05) is 0 Å². The topological polar surface area (TPSA) is 75.8 Å². The number of sulfone groups is 1. The molecular formula is C15H14FN3O2S. The summed E-state index contributed by atoms with van der Waals surface area (Å²) in [7, 11) is -2.26. The smallest absolute Gasteiger partial charge is 0.216 e. The van der Waals surface area contributed by atoms with Crippen LogP contribution in [0.15, 0.2) is 34.1 Å². The maximum atomic E-state index is 12.9. The summed E-state index contributed by atoms with van der Waals surface area (Å²) in [4.78, 5) is -0.529. The minimum Gasteiger partial charge on any atom is -0.272 e. The molecule has 1 aromatic carbocycles. The third-order valence-electron chi connectivity index (χ3n) is 3.36. The summed E-state index contributed by atoms with van der Waals surface area (Å²) in [6.07, 6.45) is 1.30. The molecule has 2 rings (SSSR count). The fourth-order valence-corrected chi connectivity index (χ4v) is 3.18. The Hall–Kier alpha value is -2.46. The first kappa shape index (κ1) is 15.9. The summed E-state index contributed by atoms with van der Waals surface area (Å²) in [5.41, 5.74) is 1.96. The van der Waals surface area contributed by atoms with Gasteiger partial charge in [0.25, 0.3) is 0 Å². The monoisotopic (exact) mass is 319 g/mol. The van der Waals surface area contributed by atoms with Crippen molar-refractivity contribution in [2.75, 3.05) is 0 Å². The Morgan fingerprint density at radius 1 is 1.32 bits per heavy atom. The average molecular weight is 319 g/mol. The quantitative estimate of drug-likeness (QED) is 0.643. The molecule has 1 heterocycles. The highest BCUT2D eigenvalue weighted by molar-refractivity contribution is 7.95. The third kappa shape index (κ3) is 2.78. The van der Waals surface area contributed by atoms with E-state index in [9.17, 15) is 18.1 Å². The van der Waals surface area contributed by atoms with Crippen LogP contribution in [0.4, 0.5) is 4.39 Å². The number of nitrogens with zero attached hydrogens (tertiary/aromatic N) is 3. The first-order chi connectivity index (χ1) is 10.3. The highest BCUT2D eigenvalue weighted by Gasteiger charge is 2.22. The van der Waals surface area contributed by atoms with Gasteiger partial charge >= 0.3 is 0 Å². The fraction of sp³-hybridized carbons (Fsp3) is 0.200. The van der Waals surface area contributed by atoms with Crippen molar-refractivity contribution in [3.05, 3.63) is 51.9 Å². The Balaban J connectivity index is 2.59. The molecule has 22 heavy (non-hydrogen) atoms. The van der Waals surface area contributed by atoms with Crippen LogP contribution in [0.1, 0.15) is 17.0 Å². The number of halogens is 1. The molecule has 0 fully saturated rings. The highest BCUT2D eigenvalue weighted by atomic mass is 32.2. The summed E-state index contributed by atoms with van der Waals surface area (Å²) in [5, 5.41) is 13.4. The molecule has 0 aliphatic heterocycles. The fourth-order valence-electron chi connectivity index (χ4n) is 2.04. The highest BCUT2D eigenvalue weighted by Crippen LogP contribution is 2.23. The van der Waals surface area contributed by atoms with Gasteiger partial charge in [-0.1, -0.05) is 0 Å². The molecule has 7 heteroatoms. The van der Waals surface area contributed by atoms with Crippen LogP contribution >= 0.6 is 0 Å². The van der Waals surface area contributed by atoms with Gasteiger partial charge in [0.15, 0.2) is 0 Å². The van der Waals surface area contributed by atoms with Crippen molar-refractivity contribution < 1.29 is 12.8 Å². The molecule has 0 aliphatic rings. The Kier molecular flexibility index (Phi) is 4.15. The van der Waals surface area contributed by atoms with Crippen LogP contribution in [0.5, 0.6) is 0 Å². The number of hydrogen-bond acceptors (Lipinski definition) is 4. The maximum absolute atomic E-state index is 12.9. The van der Waals surface area contributed by atoms with E-state index in [1.54, 1.807) is 31.6 Å². The summed E-state index contributed by atoms with van der Waals surface area (Å²) in [6, 6.07) is 6.07. The number of hydrogen-bond donors (Lipinski definition) is 0. The lowest BCUT2D eigenvalue weighted by atomic mass is 10.2. The van der Waals surface area contributed by atoms with Gasteiger partial charge in [0.1, 0.15) is 16.8 Å². The average Bonchev–Trinajstić information content (AvgIpc) is 2.70. The molecule has 0 bridgehead atoms.